The number of nitrogens with two attached hydrogens (primary N) is 1. The maximum Gasteiger partial charge on any atom is 0.183 e. The molecule has 3 rings (SSSR count). The minimum atomic E-state index is 0.588. The van der Waals surface area contributed by atoms with Crippen LogP contribution in [-0.2, 0) is 13.5 Å². The fourth-order valence-electron chi connectivity index (χ4n) is 1.90. The molecule has 0 atom stereocenters. The number of nitrogens with one attached hydrogen (secondary N) is 1. The molecule has 0 radical (unpaired) electrons. The second kappa shape index (κ2) is 4.60. The first kappa shape index (κ1) is 12.1. The summed E-state index contributed by atoms with van der Waals surface area (Å²) >= 11 is 1.66. The molecule has 0 amide bonds. The van der Waals surface area contributed by atoms with Gasteiger partial charge in [0, 0.05) is 18.1 Å². The Morgan fingerprint density at radius 1 is 1.42 bits per heavy atom. The van der Waals surface area contributed by atoms with Crippen LogP contribution in [0.5, 0.6) is 0 Å². The molecule has 0 aliphatic heterocycles. The van der Waals surface area contributed by atoms with Crippen molar-refractivity contribution in [3.8, 4) is 11.5 Å². The maximum atomic E-state index is 5.56. The molecule has 98 valence electrons. The number of hydrogen-bond acceptors (Lipinski definition) is 6. The van der Waals surface area contributed by atoms with Gasteiger partial charge in [-0.15, -0.1) is 11.3 Å². The second-order valence-corrected chi connectivity index (χ2v) is 5.32. The molecule has 19 heavy (non-hydrogen) atoms. The van der Waals surface area contributed by atoms with Gasteiger partial charge < -0.3 is 5.43 Å². The van der Waals surface area contributed by atoms with Gasteiger partial charge in [0.2, 0.25) is 0 Å². The summed E-state index contributed by atoms with van der Waals surface area (Å²) in [6.07, 6.45) is 2.84. The Balaban J connectivity index is 2.21. The summed E-state index contributed by atoms with van der Waals surface area (Å²) in [6, 6.07) is 3.97. The number of nitrogen functional groups attached to an aromatic ring is 1. The van der Waals surface area contributed by atoms with E-state index in [4.69, 9.17) is 5.84 Å². The first-order valence-electron chi connectivity index (χ1n) is 5.98. The van der Waals surface area contributed by atoms with E-state index in [1.807, 2.05) is 19.3 Å². The molecule has 0 saturated carbocycles. The molecule has 3 heterocycles. The fourth-order valence-corrected chi connectivity index (χ4v) is 2.87. The zero-order valence-corrected chi connectivity index (χ0v) is 11.5. The number of nitrogens with zero attached hydrogens (tertiary/aromatic N) is 4. The largest absolute Gasteiger partial charge is 0.308 e. The molecule has 3 N–H and O–H groups in total. The van der Waals surface area contributed by atoms with Crippen LogP contribution in [0, 0.1) is 0 Å². The summed E-state index contributed by atoms with van der Waals surface area (Å²) in [5, 5.41) is 5.28. The quantitative estimate of drug-likeness (QED) is 0.563. The highest BCUT2D eigenvalue weighted by Gasteiger charge is 2.13. The van der Waals surface area contributed by atoms with Crippen molar-refractivity contribution in [1.29, 1.82) is 0 Å². The summed E-state index contributed by atoms with van der Waals surface area (Å²) in [5.41, 5.74) is 3.39. The molecule has 0 bridgehead atoms. The van der Waals surface area contributed by atoms with Crippen LogP contribution in [0.1, 0.15) is 11.8 Å². The van der Waals surface area contributed by atoms with Crippen LogP contribution in [0.3, 0.4) is 0 Å². The van der Waals surface area contributed by atoms with Crippen LogP contribution < -0.4 is 11.3 Å². The minimum absolute atomic E-state index is 0.588. The van der Waals surface area contributed by atoms with E-state index in [1.54, 1.807) is 16.0 Å². The van der Waals surface area contributed by atoms with Gasteiger partial charge in [-0.25, -0.2) is 15.8 Å². The van der Waals surface area contributed by atoms with Crippen molar-refractivity contribution in [3.63, 3.8) is 0 Å². The van der Waals surface area contributed by atoms with E-state index < -0.39 is 0 Å². The molecule has 0 aliphatic rings. The fraction of sp³-hybridized carbons (Fsp3) is 0.250. The van der Waals surface area contributed by atoms with Gasteiger partial charge >= 0.3 is 0 Å². The second-order valence-electron chi connectivity index (χ2n) is 4.20. The Morgan fingerprint density at radius 2 is 2.26 bits per heavy atom. The van der Waals surface area contributed by atoms with Crippen molar-refractivity contribution in [1.82, 2.24) is 19.7 Å². The zero-order valence-electron chi connectivity index (χ0n) is 10.7. The minimum Gasteiger partial charge on any atom is -0.308 e. The number of thiophene rings is 1. The van der Waals surface area contributed by atoms with E-state index in [1.165, 1.54) is 4.88 Å². The van der Waals surface area contributed by atoms with Crippen molar-refractivity contribution in [2.24, 2.45) is 12.9 Å². The van der Waals surface area contributed by atoms with Crippen molar-refractivity contribution in [3.05, 3.63) is 23.2 Å². The van der Waals surface area contributed by atoms with Crippen LogP contribution in [0.4, 0.5) is 5.82 Å². The van der Waals surface area contributed by atoms with Gasteiger partial charge in [-0.3, -0.25) is 4.68 Å². The molecule has 0 saturated heterocycles. The molecule has 0 unspecified atom stereocenters. The average Bonchev–Trinajstić information content (AvgIpc) is 3.02. The number of hydrogen-bond donors (Lipinski definition) is 2. The van der Waals surface area contributed by atoms with Gasteiger partial charge in [0.05, 0.1) is 5.39 Å². The molecule has 0 fully saturated rings. The zero-order chi connectivity index (χ0) is 13.4. The summed E-state index contributed by atoms with van der Waals surface area (Å²) in [4.78, 5) is 11.2. The Bertz CT molecular complexity index is 729. The lowest BCUT2D eigenvalue weighted by atomic mass is 10.3. The van der Waals surface area contributed by atoms with E-state index in [0.29, 0.717) is 11.6 Å². The van der Waals surface area contributed by atoms with E-state index >= 15 is 0 Å². The number of anilines is 1. The van der Waals surface area contributed by atoms with Crippen LogP contribution in [0.2, 0.25) is 0 Å². The third-order valence-electron chi connectivity index (χ3n) is 2.87. The SMILES string of the molecule is CCc1cc2c(NN)nc(-c3ccn(C)n3)nc2s1. The third-order valence-corrected chi connectivity index (χ3v) is 4.04. The number of hydrazine groups is 1. The number of aryl methyl sites for hydroxylation is 2. The molecular formula is C12H14N6S. The Morgan fingerprint density at radius 3 is 2.89 bits per heavy atom. The van der Waals surface area contributed by atoms with Gasteiger partial charge in [-0.05, 0) is 18.6 Å². The van der Waals surface area contributed by atoms with Crippen LogP contribution in [-0.4, -0.2) is 19.7 Å². The highest BCUT2D eigenvalue weighted by Crippen LogP contribution is 2.30. The molecule has 6 nitrogen and oxygen atoms in total. The predicted molar refractivity (Wildman–Crippen MR) is 76.8 cm³/mol. The Hall–Kier alpha value is -1.99. The lowest BCUT2D eigenvalue weighted by Crippen LogP contribution is -2.09. The molecule has 0 aliphatic carbocycles. The highest BCUT2D eigenvalue weighted by atomic mass is 32.1. The lowest BCUT2D eigenvalue weighted by Gasteiger charge is -2.02. The third kappa shape index (κ3) is 2.06. The van der Waals surface area contributed by atoms with Gasteiger partial charge in [0.15, 0.2) is 11.6 Å². The summed E-state index contributed by atoms with van der Waals surface area (Å²) in [6.45, 7) is 2.12. The summed E-state index contributed by atoms with van der Waals surface area (Å²) < 4.78 is 1.73. The summed E-state index contributed by atoms with van der Waals surface area (Å²) in [5.74, 6) is 6.79. The Kier molecular flexibility index (Phi) is 2.92. The first-order valence-corrected chi connectivity index (χ1v) is 6.80. The van der Waals surface area contributed by atoms with Gasteiger partial charge in [-0.2, -0.15) is 5.10 Å². The molecule has 0 spiro atoms. The van der Waals surface area contributed by atoms with Crippen LogP contribution in [0.15, 0.2) is 18.3 Å². The van der Waals surface area contributed by atoms with Crippen molar-refractivity contribution in [2.45, 2.75) is 13.3 Å². The Labute approximate surface area is 114 Å². The van der Waals surface area contributed by atoms with Gasteiger partial charge in [-0.1, -0.05) is 6.92 Å². The lowest BCUT2D eigenvalue weighted by molar-refractivity contribution is 0.769. The normalized spacial score (nSPS) is 11.1. The number of aromatic nitrogens is 4. The number of fused-ring (bicyclic) bond motifs is 1. The smallest absolute Gasteiger partial charge is 0.183 e. The monoisotopic (exact) mass is 274 g/mol. The maximum absolute atomic E-state index is 5.56. The van der Waals surface area contributed by atoms with E-state index in [9.17, 15) is 0 Å². The molecule has 3 aromatic heterocycles. The average molecular weight is 274 g/mol. The van der Waals surface area contributed by atoms with Gasteiger partial charge in [0.25, 0.3) is 0 Å². The van der Waals surface area contributed by atoms with Crippen molar-refractivity contribution in [2.75, 3.05) is 5.43 Å². The standard InChI is InChI=1S/C12H14N6S/c1-3-7-6-8-10(16-13)14-11(15-12(8)19-7)9-4-5-18(2)17-9/h4-6H,3,13H2,1-2H3,(H,14,15,16). The molecular weight excluding hydrogens is 260 g/mol. The van der Waals surface area contributed by atoms with E-state index in [-0.39, 0.29) is 0 Å². The predicted octanol–water partition coefficient (Wildman–Crippen LogP) is 1.94. The molecule has 7 heteroatoms. The topological polar surface area (TPSA) is 81.6 Å². The van der Waals surface area contributed by atoms with E-state index in [0.717, 1.165) is 22.3 Å². The highest BCUT2D eigenvalue weighted by molar-refractivity contribution is 7.18. The van der Waals surface area contributed by atoms with Crippen LogP contribution >= 0.6 is 11.3 Å². The summed E-state index contributed by atoms with van der Waals surface area (Å²) in [7, 11) is 1.87. The molecule has 3 aromatic rings. The van der Waals surface area contributed by atoms with Crippen LogP contribution in [0.25, 0.3) is 21.7 Å². The van der Waals surface area contributed by atoms with Crippen molar-refractivity contribution < 1.29 is 0 Å². The van der Waals surface area contributed by atoms with E-state index in [2.05, 4.69) is 33.5 Å². The molecule has 0 aromatic carbocycles. The van der Waals surface area contributed by atoms with Gasteiger partial charge in [0.1, 0.15) is 10.5 Å². The number of rotatable bonds is 3. The first-order chi connectivity index (χ1) is 9.21. The van der Waals surface area contributed by atoms with Crippen molar-refractivity contribution >= 4 is 27.4 Å².